The van der Waals surface area contributed by atoms with Gasteiger partial charge in [-0.05, 0) is 24.0 Å². The number of benzene rings is 2. The van der Waals surface area contributed by atoms with Crippen molar-refractivity contribution in [1.29, 1.82) is 0 Å². The molecule has 3 amide bonds. The number of ether oxygens (including phenoxy) is 2. The number of hydrogen-bond donors (Lipinski definition) is 3. The second-order valence-corrected chi connectivity index (χ2v) is 8.57. The Morgan fingerprint density at radius 1 is 0.806 bits per heavy atom. The number of methoxy groups -OCH3 is 1. The van der Waals surface area contributed by atoms with Crippen molar-refractivity contribution in [3.05, 3.63) is 71.8 Å². The van der Waals surface area contributed by atoms with Crippen LogP contribution in [0.5, 0.6) is 0 Å². The van der Waals surface area contributed by atoms with Gasteiger partial charge in [0.15, 0.2) is 0 Å². The average molecular weight is 498 g/mol. The summed E-state index contributed by atoms with van der Waals surface area (Å²) in [5.41, 5.74) is 1.63. The van der Waals surface area contributed by atoms with E-state index in [0.29, 0.717) is 6.42 Å². The van der Waals surface area contributed by atoms with E-state index >= 15 is 0 Å². The average Bonchev–Trinajstić information content (AvgIpc) is 2.90. The summed E-state index contributed by atoms with van der Waals surface area (Å²) in [5, 5.41) is 7.89. The lowest BCUT2D eigenvalue weighted by molar-refractivity contribution is -0.147. The highest BCUT2D eigenvalue weighted by Gasteiger charge is 2.31. The summed E-state index contributed by atoms with van der Waals surface area (Å²) in [5.74, 6) is -1.82. The van der Waals surface area contributed by atoms with Gasteiger partial charge in [-0.25, -0.2) is 9.59 Å². The Bertz CT molecular complexity index is 999. The van der Waals surface area contributed by atoms with Crippen molar-refractivity contribution >= 4 is 23.9 Å². The van der Waals surface area contributed by atoms with Gasteiger partial charge in [-0.15, -0.1) is 0 Å². The molecule has 2 aromatic rings. The molecule has 4 atom stereocenters. The van der Waals surface area contributed by atoms with Crippen molar-refractivity contribution in [1.82, 2.24) is 16.0 Å². The van der Waals surface area contributed by atoms with E-state index in [1.807, 2.05) is 74.5 Å². The normalized spacial score (nSPS) is 13.9. The molecule has 0 aliphatic rings. The van der Waals surface area contributed by atoms with Crippen LogP contribution in [0.1, 0.15) is 38.3 Å². The number of carbonyl (C=O) groups is 4. The summed E-state index contributed by atoms with van der Waals surface area (Å²) in [7, 11) is 1.26. The molecule has 2 aromatic carbocycles. The molecule has 0 aromatic heterocycles. The van der Waals surface area contributed by atoms with Crippen LogP contribution in [0.2, 0.25) is 0 Å². The Kier molecular flexibility index (Phi) is 11.4. The van der Waals surface area contributed by atoms with E-state index in [9.17, 15) is 19.2 Å². The van der Waals surface area contributed by atoms with Crippen LogP contribution in [-0.4, -0.2) is 49.1 Å². The van der Waals surface area contributed by atoms with Gasteiger partial charge in [0.1, 0.15) is 24.7 Å². The third kappa shape index (κ3) is 9.05. The predicted molar refractivity (Wildman–Crippen MR) is 135 cm³/mol. The number of hydrogen-bond acceptors (Lipinski definition) is 6. The zero-order valence-corrected chi connectivity index (χ0v) is 21.2. The van der Waals surface area contributed by atoms with E-state index in [1.54, 1.807) is 0 Å². The number of carbonyl (C=O) groups excluding carboxylic acids is 4. The highest BCUT2D eigenvalue weighted by molar-refractivity contribution is 5.93. The van der Waals surface area contributed by atoms with Crippen molar-refractivity contribution < 1.29 is 28.7 Å². The van der Waals surface area contributed by atoms with Gasteiger partial charge in [-0.1, -0.05) is 80.9 Å². The molecule has 0 heterocycles. The first-order chi connectivity index (χ1) is 17.2. The maximum atomic E-state index is 13.2. The fourth-order valence-corrected chi connectivity index (χ4v) is 3.41. The number of amides is 3. The first-order valence-corrected chi connectivity index (χ1v) is 11.9. The van der Waals surface area contributed by atoms with Crippen LogP contribution in [0.4, 0.5) is 4.79 Å². The number of alkyl carbamates (subject to hydrolysis) is 1. The molecular formula is C27H35N3O6. The Labute approximate surface area is 211 Å². The standard InChI is InChI=1S/C27H35N3O6/c1-5-18(2)23(26(33)35-4)30-25(32)22(16-20-12-8-6-9-13-20)29-24(31)19(3)28-27(34)36-17-21-14-10-7-11-15-21/h6-15,18-19,22-23H,5,16-17H2,1-4H3,(H,28,34)(H,29,31)(H,30,32)/t18-,19-,22-,23-/m0/s1. The minimum absolute atomic E-state index is 0.0601. The fourth-order valence-electron chi connectivity index (χ4n) is 3.41. The third-order valence-electron chi connectivity index (χ3n) is 5.82. The Balaban J connectivity index is 2.06. The molecule has 0 aliphatic carbocycles. The van der Waals surface area contributed by atoms with E-state index in [4.69, 9.17) is 9.47 Å². The number of esters is 1. The lowest BCUT2D eigenvalue weighted by atomic mass is 9.98. The summed E-state index contributed by atoms with van der Waals surface area (Å²) in [6.07, 6.45) is 0.0767. The molecule has 0 radical (unpaired) electrons. The minimum atomic E-state index is -0.985. The topological polar surface area (TPSA) is 123 Å². The maximum Gasteiger partial charge on any atom is 0.408 e. The lowest BCUT2D eigenvalue weighted by Crippen LogP contribution is -2.57. The Morgan fingerprint density at radius 2 is 1.39 bits per heavy atom. The van der Waals surface area contributed by atoms with Crippen molar-refractivity contribution in [3.63, 3.8) is 0 Å². The molecule has 0 bridgehead atoms. The van der Waals surface area contributed by atoms with Crippen LogP contribution in [0.3, 0.4) is 0 Å². The van der Waals surface area contributed by atoms with Crippen LogP contribution >= 0.6 is 0 Å². The SMILES string of the molecule is CC[C@H](C)[C@H](NC(=O)[C@H](Cc1ccccc1)NC(=O)[C@H](C)NC(=O)OCc1ccccc1)C(=O)OC. The van der Waals surface area contributed by atoms with Crippen molar-refractivity contribution in [2.24, 2.45) is 5.92 Å². The van der Waals surface area contributed by atoms with Crippen LogP contribution < -0.4 is 16.0 Å². The number of nitrogens with one attached hydrogen (secondary N) is 3. The second-order valence-electron chi connectivity index (χ2n) is 8.57. The molecule has 0 saturated heterocycles. The molecular weight excluding hydrogens is 462 g/mol. The van der Waals surface area contributed by atoms with Crippen molar-refractivity contribution in [2.75, 3.05) is 7.11 Å². The summed E-state index contributed by atoms with van der Waals surface area (Å²) in [4.78, 5) is 50.5. The van der Waals surface area contributed by atoms with Gasteiger partial charge in [0.05, 0.1) is 7.11 Å². The summed E-state index contributed by atoms with van der Waals surface area (Å²) >= 11 is 0. The summed E-state index contributed by atoms with van der Waals surface area (Å²) < 4.78 is 10.0. The van der Waals surface area contributed by atoms with Crippen LogP contribution in [0, 0.1) is 5.92 Å². The summed E-state index contributed by atoms with van der Waals surface area (Å²) in [6.45, 7) is 5.29. The smallest absolute Gasteiger partial charge is 0.408 e. The van der Waals surface area contributed by atoms with E-state index in [-0.39, 0.29) is 18.9 Å². The molecule has 9 heteroatoms. The van der Waals surface area contributed by atoms with E-state index in [0.717, 1.165) is 11.1 Å². The molecule has 3 N–H and O–H groups in total. The molecule has 36 heavy (non-hydrogen) atoms. The molecule has 0 aliphatic heterocycles. The van der Waals surface area contributed by atoms with E-state index in [1.165, 1.54) is 14.0 Å². The maximum absolute atomic E-state index is 13.2. The van der Waals surface area contributed by atoms with Crippen molar-refractivity contribution in [3.8, 4) is 0 Å². The molecule has 9 nitrogen and oxygen atoms in total. The van der Waals surface area contributed by atoms with E-state index in [2.05, 4.69) is 16.0 Å². The van der Waals surface area contributed by atoms with Gasteiger partial charge >= 0.3 is 12.1 Å². The molecule has 194 valence electrons. The van der Waals surface area contributed by atoms with Crippen LogP contribution in [0.25, 0.3) is 0 Å². The van der Waals surface area contributed by atoms with Crippen molar-refractivity contribution in [2.45, 2.75) is 58.3 Å². The number of rotatable bonds is 12. The first kappa shape index (κ1) is 28.4. The van der Waals surface area contributed by atoms with Gasteiger partial charge in [0.2, 0.25) is 11.8 Å². The van der Waals surface area contributed by atoms with Gasteiger partial charge in [0, 0.05) is 6.42 Å². The minimum Gasteiger partial charge on any atom is -0.467 e. The molecule has 0 unspecified atom stereocenters. The van der Waals surface area contributed by atoms with Gasteiger partial charge < -0.3 is 25.4 Å². The monoisotopic (exact) mass is 497 g/mol. The Morgan fingerprint density at radius 3 is 1.94 bits per heavy atom. The second kappa shape index (κ2) is 14.5. The predicted octanol–water partition coefficient (Wildman–Crippen LogP) is 2.73. The highest BCUT2D eigenvalue weighted by atomic mass is 16.5. The Hall–Kier alpha value is -3.88. The van der Waals surface area contributed by atoms with E-state index < -0.39 is 42.0 Å². The van der Waals surface area contributed by atoms with Crippen LogP contribution in [-0.2, 0) is 36.9 Å². The third-order valence-corrected chi connectivity index (χ3v) is 5.82. The zero-order chi connectivity index (χ0) is 26.5. The largest absolute Gasteiger partial charge is 0.467 e. The lowest BCUT2D eigenvalue weighted by Gasteiger charge is -2.26. The van der Waals surface area contributed by atoms with Gasteiger partial charge in [-0.3, -0.25) is 9.59 Å². The summed E-state index contributed by atoms with van der Waals surface area (Å²) in [6, 6.07) is 15.5. The molecule has 2 rings (SSSR count). The molecule has 0 saturated carbocycles. The molecule has 0 spiro atoms. The first-order valence-electron chi connectivity index (χ1n) is 11.9. The van der Waals surface area contributed by atoms with Crippen LogP contribution in [0.15, 0.2) is 60.7 Å². The molecule has 0 fully saturated rings. The van der Waals surface area contributed by atoms with Gasteiger partial charge in [0.25, 0.3) is 0 Å². The zero-order valence-electron chi connectivity index (χ0n) is 21.2. The fraction of sp³-hybridized carbons (Fsp3) is 0.407. The van der Waals surface area contributed by atoms with Gasteiger partial charge in [-0.2, -0.15) is 0 Å². The highest BCUT2D eigenvalue weighted by Crippen LogP contribution is 2.11. The quantitative estimate of drug-likeness (QED) is 0.388.